The molecule has 3 aromatic heterocycles. The van der Waals surface area contributed by atoms with Crippen LogP contribution in [0.2, 0.25) is 0 Å². The highest BCUT2D eigenvalue weighted by Gasteiger charge is 2.33. The van der Waals surface area contributed by atoms with Gasteiger partial charge in [-0.1, -0.05) is 12.1 Å². The molecular weight excluding hydrogens is 376 g/mol. The Labute approximate surface area is 174 Å². The number of benzene rings is 1. The van der Waals surface area contributed by atoms with Gasteiger partial charge in [-0.25, -0.2) is 9.97 Å². The SMILES string of the molecule is CC(=O)N1CCCC1c1nc(-c2ccc3c(c2)NCCC3)c2cnc3[nH]ccc3n12. The number of aryl methyl sites for hydroxylation is 1. The molecule has 0 bridgehead atoms. The minimum Gasteiger partial charge on any atom is -0.385 e. The molecule has 6 rings (SSSR count). The fraction of sp³-hybridized carbons (Fsp3) is 0.348. The summed E-state index contributed by atoms with van der Waals surface area (Å²) in [6.45, 7) is 3.44. The summed E-state index contributed by atoms with van der Waals surface area (Å²) in [5, 5.41) is 3.52. The zero-order valence-corrected chi connectivity index (χ0v) is 17.0. The van der Waals surface area contributed by atoms with Crippen LogP contribution in [0.3, 0.4) is 0 Å². The number of carbonyl (C=O) groups is 1. The van der Waals surface area contributed by atoms with Crippen LogP contribution in [-0.4, -0.2) is 43.2 Å². The van der Waals surface area contributed by atoms with E-state index in [2.05, 4.69) is 37.9 Å². The largest absolute Gasteiger partial charge is 0.385 e. The van der Waals surface area contributed by atoms with Crippen molar-refractivity contribution in [2.75, 3.05) is 18.4 Å². The predicted molar refractivity (Wildman–Crippen MR) is 116 cm³/mol. The van der Waals surface area contributed by atoms with Crippen molar-refractivity contribution in [1.29, 1.82) is 0 Å². The van der Waals surface area contributed by atoms with Gasteiger partial charge in [0.05, 0.1) is 29.0 Å². The summed E-state index contributed by atoms with van der Waals surface area (Å²) in [5.41, 5.74) is 7.35. The minimum atomic E-state index is -0.0139. The monoisotopic (exact) mass is 400 g/mol. The van der Waals surface area contributed by atoms with Crippen molar-refractivity contribution in [2.45, 2.75) is 38.6 Å². The summed E-state index contributed by atoms with van der Waals surface area (Å²) in [6.07, 6.45) is 8.00. The van der Waals surface area contributed by atoms with Crippen molar-refractivity contribution in [3.05, 3.63) is 48.0 Å². The van der Waals surface area contributed by atoms with E-state index in [1.54, 1.807) is 6.92 Å². The molecule has 1 saturated heterocycles. The molecule has 1 amide bonds. The Balaban J connectivity index is 1.60. The highest BCUT2D eigenvalue weighted by atomic mass is 16.2. The number of hydrogen-bond acceptors (Lipinski definition) is 4. The van der Waals surface area contributed by atoms with Crippen LogP contribution in [0.4, 0.5) is 5.69 Å². The lowest BCUT2D eigenvalue weighted by Crippen LogP contribution is -2.29. The van der Waals surface area contributed by atoms with Gasteiger partial charge in [0.15, 0.2) is 5.65 Å². The lowest BCUT2D eigenvalue weighted by Gasteiger charge is -2.22. The second-order valence-electron chi connectivity index (χ2n) is 8.28. The fourth-order valence-corrected chi connectivity index (χ4v) is 5.04. The maximum Gasteiger partial charge on any atom is 0.220 e. The molecule has 1 aromatic carbocycles. The Morgan fingerprint density at radius 1 is 1.20 bits per heavy atom. The van der Waals surface area contributed by atoms with Crippen molar-refractivity contribution in [2.24, 2.45) is 0 Å². The summed E-state index contributed by atoms with van der Waals surface area (Å²) < 4.78 is 2.19. The van der Waals surface area contributed by atoms with E-state index in [1.165, 1.54) is 17.7 Å². The van der Waals surface area contributed by atoms with Gasteiger partial charge >= 0.3 is 0 Å². The van der Waals surface area contributed by atoms with Gasteiger partial charge in [-0.3, -0.25) is 9.20 Å². The van der Waals surface area contributed by atoms with Crippen LogP contribution < -0.4 is 5.32 Å². The van der Waals surface area contributed by atoms with Gasteiger partial charge < -0.3 is 15.2 Å². The fourth-order valence-electron chi connectivity index (χ4n) is 5.04. The molecular formula is C23H24N6O. The molecule has 7 nitrogen and oxygen atoms in total. The number of hydrogen-bond donors (Lipinski definition) is 2. The third-order valence-electron chi connectivity index (χ3n) is 6.48. The maximum atomic E-state index is 12.3. The number of carbonyl (C=O) groups excluding carboxylic acids is 1. The van der Waals surface area contributed by atoms with Crippen LogP contribution in [0, 0.1) is 0 Å². The number of imidazole rings is 1. The van der Waals surface area contributed by atoms with Crippen molar-refractivity contribution >= 4 is 28.3 Å². The molecule has 0 saturated carbocycles. The van der Waals surface area contributed by atoms with E-state index >= 15 is 0 Å². The van der Waals surface area contributed by atoms with E-state index in [-0.39, 0.29) is 11.9 Å². The number of nitrogens with zero attached hydrogens (tertiary/aromatic N) is 4. The van der Waals surface area contributed by atoms with Gasteiger partial charge in [0.2, 0.25) is 5.91 Å². The van der Waals surface area contributed by atoms with E-state index in [9.17, 15) is 4.79 Å². The molecule has 2 aliphatic heterocycles. The molecule has 1 fully saturated rings. The molecule has 0 aliphatic carbocycles. The smallest absolute Gasteiger partial charge is 0.220 e. The second-order valence-corrected chi connectivity index (χ2v) is 8.28. The first-order valence-corrected chi connectivity index (χ1v) is 10.7. The molecule has 0 radical (unpaired) electrons. The van der Waals surface area contributed by atoms with E-state index in [4.69, 9.17) is 4.98 Å². The normalized spacial score (nSPS) is 18.7. The molecule has 0 spiro atoms. The van der Waals surface area contributed by atoms with E-state index in [0.717, 1.165) is 66.1 Å². The van der Waals surface area contributed by atoms with Crippen molar-refractivity contribution in [1.82, 2.24) is 24.3 Å². The number of likely N-dealkylation sites (tertiary alicyclic amines) is 1. The Morgan fingerprint density at radius 3 is 3.03 bits per heavy atom. The van der Waals surface area contributed by atoms with Gasteiger partial charge in [0.1, 0.15) is 5.82 Å². The summed E-state index contributed by atoms with van der Waals surface area (Å²) in [4.78, 5) is 27.2. The zero-order chi connectivity index (χ0) is 20.2. The van der Waals surface area contributed by atoms with Gasteiger partial charge in [0, 0.05) is 37.5 Å². The molecule has 1 atom stereocenters. The summed E-state index contributed by atoms with van der Waals surface area (Å²) >= 11 is 0. The highest BCUT2D eigenvalue weighted by molar-refractivity contribution is 5.85. The molecule has 7 heteroatoms. The average Bonchev–Trinajstić information content (AvgIpc) is 3.49. The summed E-state index contributed by atoms with van der Waals surface area (Å²) in [5.74, 6) is 1.03. The average molecular weight is 400 g/mol. The number of nitrogens with one attached hydrogen (secondary N) is 2. The van der Waals surface area contributed by atoms with Crippen molar-refractivity contribution < 1.29 is 4.79 Å². The van der Waals surface area contributed by atoms with Gasteiger partial charge in [-0.2, -0.15) is 0 Å². The van der Waals surface area contributed by atoms with Gasteiger partial charge in [-0.05, 0) is 43.4 Å². The number of amides is 1. The van der Waals surface area contributed by atoms with Crippen LogP contribution >= 0.6 is 0 Å². The number of fused-ring (bicyclic) bond motifs is 4. The standard InChI is InChI=1S/C23H24N6O/c1-14(30)28-11-3-5-19(28)23-27-21(16-7-6-15-4-2-9-24-17(15)12-16)20-13-26-22-18(29(20)23)8-10-25-22/h6-8,10,12-13,19,24-25H,2-5,9,11H2,1H3. The minimum absolute atomic E-state index is 0.0139. The molecule has 5 heterocycles. The third kappa shape index (κ3) is 2.54. The number of rotatable bonds is 2. The lowest BCUT2D eigenvalue weighted by atomic mass is 10.00. The number of H-pyrrole nitrogens is 1. The Bertz CT molecular complexity index is 1290. The van der Waals surface area contributed by atoms with Crippen molar-refractivity contribution in [3.63, 3.8) is 0 Å². The molecule has 4 aromatic rings. The number of aromatic nitrogens is 4. The zero-order valence-electron chi connectivity index (χ0n) is 17.0. The van der Waals surface area contributed by atoms with Crippen LogP contribution in [-0.2, 0) is 11.2 Å². The molecule has 1 unspecified atom stereocenters. The topological polar surface area (TPSA) is 78.3 Å². The van der Waals surface area contributed by atoms with Crippen LogP contribution in [0.5, 0.6) is 0 Å². The predicted octanol–water partition coefficient (Wildman–Crippen LogP) is 3.92. The lowest BCUT2D eigenvalue weighted by molar-refractivity contribution is -0.129. The summed E-state index contributed by atoms with van der Waals surface area (Å²) in [6, 6.07) is 8.60. The van der Waals surface area contributed by atoms with Gasteiger partial charge in [-0.15, -0.1) is 0 Å². The van der Waals surface area contributed by atoms with Crippen LogP contribution in [0.25, 0.3) is 27.9 Å². The van der Waals surface area contributed by atoms with E-state index in [0.29, 0.717) is 0 Å². The summed E-state index contributed by atoms with van der Waals surface area (Å²) in [7, 11) is 0. The second kappa shape index (κ2) is 6.58. The third-order valence-corrected chi connectivity index (χ3v) is 6.48. The maximum absolute atomic E-state index is 12.3. The number of anilines is 1. The molecule has 30 heavy (non-hydrogen) atoms. The van der Waals surface area contributed by atoms with Crippen molar-refractivity contribution in [3.8, 4) is 11.3 Å². The van der Waals surface area contributed by atoms with E-state index in [1.807, 2.05) is 23.4 Å². The molecule has 152 valence electrons. The van der Waals surface area contributed by atoms with E-state index < -0.39 is 0 Å². The molecule has 2 aliphatic rings. The quantitative estimate of drug-likeness (QED) is 0.535. The van der Waals surface area contributed by atoms with Crippen LogP contribution in [0.15, 0.2) is 36.7 Å². The molecule has 2 N–H and O–H groups in total. The Kier molecular flexibility index (Phi) is 3.84. The Hall–Kier alpha value is -3.35. The first-order chi connectivity index (χ1) is 14.7. The van der Waals surface area contributed by atoms with Gasteiger partial charge in [0.25, 0.3) is 0 Å². The number of aromatic amines is 1. The Morgan fingerprint density at radius 2 is 2.13 bits per heavy atom. The van der Waals surface area contributed by atoms with Crippen LogP contribution in [0.1, 0.15) is 43.6 Å². The first-order valence-electron chi connectivity index (χ1n) is 10.7. The highest BCUT2D eigenvalue weighted by Crippen LogP contribution is 2.37. The first kappa shape index (κ1) is 17.5.